The van der Waals surface area contributed by atoms with E-state index in [0.29, 0.717) is 0 Å². The predicted molar refractivity (Wildman–Crippen MR) is 254 cm³/mol. The van der Waals surface area contributed by atoms with Crippen LogP contribution in [0, 0.1) is 0 Å². The fourth-order valence-electron chi connectivity index (χ4n) is 10.7. The third-order valence-corrected chi connectivity index (χ3v) is 15.3. The highest BCUT2D eigenvalue weighted by Crippen LogP contribution is 2.38. The third kappa shape index (κ3) is 14.7. The van der Waals surface area contributed by atoms with E-state index in [0.717, 1.165) is 13.8 Å². The number of carbonyl (C=O) groups is 2. The maximum absolute atomic E-state index is 12.8. The van der Waals surface area contributed by atoms with E-state index in [1.807, 2.05) is 0 Å². The second-order valence-electron chi connectivity index (χ2n) is 21.1. The zero-order valence-corrected chi connectivity index (χ0v) is 44.5. The summed E-state index contributed by atoms with van der Waals surface area (Å²) in [7, 11) is 0. The minimum Gasteiger partial charge on any atom is -0.394 e. The third-order valence-electron chi connectivity index (χ3n) is 15.3. The topological polar surface area (TPSA) is 583 Å². The lowest BCUT2D eigenvalue weighted by Gasteiger charge is -2.51. The second kappa shape index (κ2) is 29.3. The molecule has 7 saturated heterocycles. The number of nitrogens with one attached hydrogen (secondary N) is 2. The molecule has 37 heteroatoms. The molecule has 0 aromatic heterocycles. The number of carbonyl (C=O) groups excluding carboxylic acids is 2. The molecule has 482 valence electrons. The zero-order valence-electron chi connectivity index (χ0n) is 44.5. The number of ether oxygens (including phenoxy) is 13. The van der Waals surface area contributed by atoms with Crippen LogP contribution in [0.5, 0.6) is 0 Å². The molecule has 0 aliphatic carbocycles. The Labute approximate surface area is 470 Å². The monoisotopic (exact) mass is 1220 g/mol. The van der Waals surface area contributed by atoms with Crippen LogP contribution in [0.1, 0.15) is 20.8 Å². The summed E-state index contributed by atoms with van der Waals surface area (Å²) in [6.07, 6.45) is -62.5. The van der Waals surface area contributed by atoms with E-state index >= 15 is 0 Å². The molecule has 22 N–H and O–H groups in total. The van der Waals surface area contributed by atoms with Gasteiger partial charge >= 0.3 is 0 Å². The summed E-state index contributed by atoms with van der Waals surface area (Å²) in [4.78, 5) is 25.1. The Hall–Kier alpha value is -2.38. The minimum atomic E-state index is -2.32. The fraction of sp³-hybridized carbons (Fsp3) is 0.957. The van der Waals surface area contributed by atoms with Crippen LogP contribution in [-0.2, 0) is 71.2 Å². The lowest BCUT2D eigenvalue weighted by molar-refractivity contribution is -0.399. The average Bonchev–Trinajstić information content (AvgIpc) is 3.50. The van der Waals surface area contributed by atoms with E-state index in [1.54, 1.807) is 0 Å². The molecule has 37 nitrogen and oxygen atoms in total. The SMILES string of the molecule is CC(=O)N[C@@H]1[C@@H](O)[C@H](O[C@@H]2O[C@H](CO)[C@@H](O[C@@H]3O[C@H](CO)[C@@H](O[C@@H]4O[C@H](CO)[C@H](O)[C@H](O)[C@H]4O)[C@H](O[C@H]4O[C@H](CO)[C@@H](O)[C@H](O)[C@@H]4O)[C@@H]3O)[C@H](O)[C@H]2NC(C)=O)[C@@H](CO[C@@H]2O[C@@H](C)[C@@H](O[C@@H]3O[C@H](CO)[C@H](O)[C@H](O)[C@H]3O)[C@@H](O)[C@@H]2O)O[C@H]1O. The highest BCUT2D eigenvalue weighted by Gasteiger charge is 2.59. The molecule has 7 aliphatic heterocycles. The predicted octanol–water partition coefficient (Wildman–Crippen LogP) is -15.0. The van der Waals surface area contributed by atoms with Gasteiger partial charge in [0.15, 0.2) is 44.0 Å². The number of aliphatic hydroxyl groups excluding tert-OH is 20. The summed E-state index contributed by atoms with van der Waals surface area (Å²) >= 11 is 0. The number of rotatable bonds is 20. The number of hydrogen-bond acceptors (Lipinski definition) is 35. The lowest BCUT2D eigenvalue weighted by Crippen LogP contribution is -2.71. The van der Waals surface area contributed by atoms with Crippen LogP contribution in [-0.4, -0.2) is 368 Å². The Morgan fingerprint density at radius 1 is 0.337 bits per heavy atom. The van der Waals surface area contributed by atoms with Gasteiger partial charge in [-0.25, -0.2) is 0 Å². The van der Waals surface area contributed by atoms with Crippen LogP contribution in [0.25, 0.3) is 0 Å². The zero-order chi connectivity index (χ0) is 61.2. The quantitative estimate of drug-likeness (QED) is 0.0538. The average molecular weight is 1220 g/mol. The van der Waals surface area contributed by atoms with Crippen LogP contribution in [0.15, 0.2) is 0 Å². The first kappa shape index (κ1) is 68.1. The van der Waals surface area contributed by atoms with Crippen LogP contribution in [0.4, 0.5) is 0 Å². The van der Waals surface area contributed by atoms with Gasteiger partial charge in [-0.1, -0.05) is 0 Å². The Balaban J connectivity index is 1.11. The first-order valence-corrected chi connectivity index (χ1v) is 26.5. The van der Waals surface area contributed by atoms with Crippen molar-refractivity contribution >= 4 is 11.8 Å². The van der Waals surface area contributed by atoms with Crippen molar-refractivity contribution < 1.29 is 173 Å². The largest absolute Gasteiger partial charge is 0.394 e. The molecule has 0 aromatic carbocycles. The maximum atomic E-state index is 12.8. The van der Waals surface area contributed by atoms with E-state index < -0.39 is 266 Å². The first-order valence-electron chi connectivity index (χ1n) is 26.5. The van der Waals surface area contributed by atoms with Crippen molar-refractivity contribution in [2.24, 2.45) is 0 Å². The molecule has 0 aromatic rings. The lowest BCUT2D eigenvalue weighted by atomic mass is 9.93. The molecule has 7 fully saturated rings. The van der Waals surface area contributed by atoms with Gasteiger partial charge in [-0.3, -0.25) is 9.59 Å². The minimum absolute atomic E-state index is 0.795. The smallest absolute Gasteiger partial charge is 0.217 e. The van der Waals surface area contributed by atoms with Crippen molar-refractivity contribution in [3.05, 3.63) is 0 Å². The van der Waals surface area contributed by atoms with Gasteiger partial charge in [0.1, 0.15) is 165 Å². The number of hydrogen-bond donors (Lipinski definition) is 22. The molecule has 7 aliphatic rings. The molecule has 7 rings (SSSR count). The summed E-state index contributed by atoms with van der Waals surface area (Å²) in [6.45, 7) is -2.42. The molecule has 2 amide bonds. The van der Waals surface area contributed by atoms with Crippen molar-refractivity contribution in [2.75, 3.05) is 39.6 Å². The van der Waals surface area contributed by atoms with Gasteiger partial charge in [-0.2, -0.15) is 0 Å². The van der Waals surface area contributed by atoms with E-state index in [4.69, 9.17) is 61.6 Å². The van der Waals surface area contributed by atoms with Crippen LogP contribution >= 0.6 is 0 Å². The Kier molecular flexibility index (Phi) is 24.0. The first-order chi connectivity index (χ1) is 39.2. The Morgan fingerprint density at radius 3 is 1.16 bits per heavy atom. The van der Waals surface area contributed by atoms with Crippen LogP contribution < -0.4 is 10.6 Å². The number of amides is 2. The van der Waals surface area contributed by atoms with E-state index in [9.17, 15) is 112 Å². The molecule has 83 heavy (non-hydrogen) atoms. The van der Waals surface area contributed by atoms with Gasteiger partial charge in [0.2, 0.25) is 11.8 Å². The van der Waals surface area contributed by atoms with Crippen molar-refractivity contribution in [3.63, 3.8) is 0 Å². The molecule has 0 bridgehead atoms. The fourth-order valence-corrected chi connectivity index (χ4v) is 10.7. The molecule has 0 saturated carbocycles. The Bertz CT molecular complexity index is 2040. The normalized spacial score (nSPS) is 50.8. The molecule has 35 atom stereocenters. The van der Waals surface area contributed by atoms with Gasteiger partial charge in [-0.05, 0) is 6.92 Å². The molecular formula is C46H78N2O35. The van der Waals surface area contributed by atoms with Crippen molar-refractivity contribution in [1.29, 1.82) is 0 Å². The van der Waals surface area contributed by atoms with Crippen LogP contribution in [0.3, 0.4) is 0 Å². The molecule has 7 heterocycles. The summed E-state index contributed by atoms with van der Waals surface area (Å²) in [5, 5.41) is 219. The maximum Gasteiger partial charge on any atom is 0.217 e. The van der Waals surface area contributed by atoms with Crippen molar-refractivity contribution in [1.82, 2.24) is 10.6 Å². The Morgan fingerprint density at radius 2 is 0.687 bits per heavy atom. The van der Waals surface area contributed by atoms with Crippen molar-refractivity contribution in [3.8, 4) is 0 Å². The highest BCUT2D eigenvalue weighted by atomic mass is 16.8. The van der Waals surface area contributed by atoms with Gasteiger partial charge in [0, 0.05) is 13.8 Å². The summed E-state index contributed by atoms with van der Waals surface area (Å²) in [5.41, 5.74) is 0. The molecule has 0 unspecified atom stereocenters. The van der Waals surface area contributed by atoms with Crippen LogP contribution in [0.2, 0.25) is 0 Å². The van der Waals surface area contributed by atoms with Gasteiger partial charge in [0.05, 0.1) is 45.7 Å². The molecule has 0 radical (unpaired) electrons. The summed E-state index contributed by atoms with van der Waals surface area (Å²) < 4.78 is 75.1. The van der Waals surface area contributed by atoms with Crippen molar-refractivity contribution in [2.45, 2.75) is 236 Å². The molecular weight excluding hydrogens is 1140 g/mol. The van der Waals surface area contributed by atoms with Gasteiger partial charge in [0.25, 0.3) is 0 Å². The van der Waals surface area contributed by atoms with E-state index in [1.165, 1.54) is 6.92 Å². The van der Waals surface area contributed by atoms with E-state index in [-0.39, 0.29) is 0 Å². The summed E-state index contributed by atoms with van der Waals surface area (Å²) in [5.74, 6) is -1.68. The number of aliphatic hydroxyl groups is 20. The highest BCUT2D eigenvalue weighted by molar-refractivity contribution is 5.73. The van der Waals surface area contributed by atoms with Gasteiger partial charge in [-0.15, -0.1) is 0 Å². The molecule has 0 spiro atoms. The van der Waals surface area contributed by atoms with E-state index in [2.05, 4.69) is 10.6 Å². The van der Waals surface area contributed by atoms with Gasteiger partial charge < -0.3 is 174 Å². The standard InChI is InChI=1S/C46H78N2O35/c1-10-35(79-43-30(65)26(61)21(56)13(4-49)74-43)29(64)33(68)42(72-10)71-9-18-37(24(59)19(40(70)73-18)47-11(2)54)80-41-20(48-12(3)55)25(60)36(16(7-52)77-41)81-46-34(69)39(83-45-32(67)28(63)23(58)15(6-51)76-45)38(17(8-53)78-46)82-44-31(66)27(62)22(57)14(5-50)75-44/h10,13-46,49-53,56-70H,4-9H2,1-3H3,(H,47,54)(H,48,55)/t10-,13+,14+,15+,16+,17+,18+,19+,20+,21-,22-,23+,24+,25+,26-,27-,28-,29-,30+,31+,32-,33-,34-,35+,36+,37+,38+,39+,40+,41-,42+,43-,44-,45+,46-/m0/s1. The second-order valence-corrected chi connectivity index (χ2v) is 21.1. The summed E-state index contributed by atoms with van der Waals surface area (Å²) in [6, 6.07) is -3.54.